The molecule has 0 bridgehead atoms. The van der Waals surface area contributed by atoms with Gasteiger partial charge >= 0.3 is 0 Å². The fraction of sp³-hybridized carbons (Fsp3) is 0.500. The molecule has 0 aromatic carbocycles. The van der Waals surface area contributed by atoms with E-state index in [4.69, 9.17) is 5.26 Å². The van der Waals surface area contributed by atoms with E-state index < -0.39 is 0 Å². The van der Waals surface area contributed by atoms with Gasteiger partial charge in [-0.25, -0.2) is 0 Å². The van der Waals surface area contributed by atoms with Crippen molar-refractivity contribution in [2.24, 2.45) is 0 Å². The Morgan fingerprint density at radius 2 is 2.42 bits per heavy atom. The van der Waals surface area contributed by atoms with Crippen molar-refractivity contribution < 1.29 is 4.79 Å². The van der Waals surface area contributed by atoms with E-state index in [1.54, 1.807) is 0 Å². The second kappa shape index (κ2) is 6.74. The summed E-state index contributed by atoms with van der Waals surface area (Å²) in [6.45, 7) is 6.02. The summed E-state index contributed by atoms with van der Waals surface area (Å²) in [7, 11) is 0. The van der Waals surface area contributed by atoms with E-state index in [1.807, 2.05) is 13.0 Å². The van der Waals surface area contributed by atoms with Gasteiger partial charge < -0.3 is 5.32 Å². The van der Waals surface area contributed by atoms with Crippen LogP contribution in [-0.2, 0) is 4.79 Å². The van der Waals surface area contributed by atoms with Crippen LogP contribution in [0.15, 0.2) is 12.2 Å². The molecule has 0 aliphatic carbocycles. The maximum atomic E-state index is 10.9. The van der Waals surface area contributed by atoms with Gasteiger partial charge in [-0.3, -0.25) is 4.79 Å². The summed E-state index contributed by atoms with van der Waals surface area (Å²) < 4.78 is 0. The number of amides is 1. The van der Waals surface area contributed by atoms with Crippen LogP contribution in [0.5, 0.6) is 0 Å². The Hall–Kier alpha value is -0.950. The molecule has 1 N–H and O–H groups in total. The van der Waals surface area contributed by atoms with Crippen LogP contribution in [0.3, 0.4) is 0 Å². The zero-order chi connectivity index (χ0) is 9.40. The highest BCUT2D eigenvalue weighted by Crippen LogP contribution is 1.96. The molecule has 1 amide bonds. The molecule has 0 aromatic heterocycles. The fourth-order valence-corrected chi connectivity index (χ4v) is 0.971. The summed E-state index contributed by atoms with van der Waals surface area (Å²) in [5, 5.41) is 10.9. The zero-order valence-electron chi connectivity index (χ0n) is 7.09. The van der Waals surface area contributed by atoms with E-state index in [2.05, 4.69) is 11.9 Å². The van der Waals surface area contributed by atoms with E-state index in [0.29, 0.717) is 18.1 Å². The summed E-state index contributed by atoms with van der Waals surface area (Å²) in [5.74, 6) is 0.666. The minimum Gasteiger partial charge on any atom is -0.352 e. The van der Waals surface area contributed by atoms with E-state index in [-0.39, 0.29) is 5.91 Å². The molecule has 0 radical (unpaired) electrons. The van der Waals surface area contributed by atoms with Crippen LogP contribution in [0.4, 0.5) is 0 Å². The second-order valence-electron chi connectivity index (χ2n) is 2.38. The van der Waals surface area contributed by atoms with Gasteiger partial charge in [-0.1, -0.05) is 12.2 Å². The lowest BCUT2D eigenvalue weighted by Crippen LogP contribution is -2.26. The highest BCUT2D eigenvalue weighted by Gasteiger charge is 1.99. The van der Waals surface area contributed by atoms with Gasteiger partial charge in [-0.2, -0.15) is 5.26 Å². The Balaban J connectivity index is 3.35. The Kier molecular flexibility index (Phi) is 6.21. The monoisotopic (exact) mass is 184 g/mol. The van der Waals surface area contributed by atoms with Crippen LogP contribution in [-0.4, -0.2) is 24.0 Å². The molecular weight excluding hydrogens is 172 g/mol. The number of thioether (sulfide) groups is 1. The molecule has 0 spiro atoms. The number of nitriles is 1. The first-order valence-corrected chi connectivity index (χ1v) is 4.68. The van der Waals surface area contributed by atoms with E-state index in [1.165, 1.54) is 11.8 Å². The van der Waals surface area contributed by atoms with Gasteiger partial charge in [0.15, 0.2) is 0 Å². The Morgan fingerprint density at radius 1 is 1.75 bits per heavy atom. The van der Waals surface area contributed by atoms with E-state index in [0.717, 1.165) is 5.57 Å². The smallest absolute Gasteiger partial charge is 0.230 e. The highest BCUT2D eigenvalue weighted by atomic mass is 32.2. The number of nitrogens with one attached hydrogen (secondary N) is 1. The Bertz CT molecular complexity index is 208. The third-order valence-corrected chi connectivity index (χ3v) is 1.79. The van der Waals surface area contributed by atoms with Gasteiger partial charge in [0.05, 0.1) is 17.6 Å². The number of hydrogen-bond donors (Lipinski definition) is 1. The van der Waals surface area contributed by atoms with Gasteiger partial charge in [0.2, 0.25) is 5.91 Å². The normalized spacial score (nSPS) is 8.67. The van der Waals surface area contributed by atoms with Crippen molar-refractivity contribution >= 4 is 17.7 Å². The van der Waals surface area contributed by atoms with Gasteiger partial charge in [-0.05, 0) is 6.92 Å². The molecule has 0 saturated carbocycles. The molecule has 0 aliphatic heterocycles. The molecule has 0 rings (SSSR count). The average Bonchev–Trinajstić information content (AvgIpc) is 2.01. The molecule has 0 aromatic rings. The maximum absolute atomic E-state index is 10.9. The lowest BCUT2D eigenvalue weighted by molar-refractivity contribution is -0.118. The minimum absolute atomic E-state index is 0.0433. The quantitative estimate of drug-likeness (QED) is 0.511. The van der Waals surface area contributed by atoms with E-state index in [9.17, 15) is 4.79 Å². The molecule has 0 heterocycles. The van der Waals surface area contributed by atoms with Crippen LogP contribution in [0, 0.1) is 11.3 Å². The summed E-state index contributed by atoms with van der Waals surface area (Å²) in [4.78, 5) is 10.9. The number of hydrogen-bond acceptors (Lipinski definition) is 3. The molecule has 3 nitrogen and oxygen atoms in total. The lowest BCUT2D eigenvalue weighted by Gasteiger charge is -2.02. The molecule has 0 fully saturated rings. The van der Waals surface area contributed by atoms with Crippen LogP contribution in [0.2, 0.25) is 0 Å². The standard InChI is InChI=1S/C8H12N2OS/c1-7(2)5-10-8(11)6-12-4-3-9/h1,4-6H2,2H3,(H,10,11). The van der Waals surface area contributed by atoms with Gasteiger partial charge in [-0.15, -0.1) is 11.8 Å². The molecule has 0 saturated heterocycles. The summed E-state index contributed by atoms with van der Waals surface area (Å²) in [5.41, 5.74) is 0.925. The van der Waals surface area contributed by atoms with Gasteiger partial charge in [0.25, 0.3) is 0 Å². The molecule has 0 unspecified atom stereocenters. The van der Waals surface area contributed by atoms with Crippen molar-refractivity contribution in [3.05, 3.63) is 12.2 Å². The lowest BCUT2D eigenvalue weighted by atomic mass is 10.3. The first-order chi connectivity index (χ1) is 5.66. The fourth-order valence-electron chi connectivity index (χ4n) is 0.490. The Labute approximate surface area is 76.8 Å². The maximum Gasteiger partial charge on any atom is 0.230 e. The van der Waals surface area contributed by atoms with Crippen molar-refractivity contribution in [3.63, 3.8) is 0 Å². The number of rotatable bonds is 5. The SMILES string of the molecule is C=C(C)CNC(=O)CSCC#N. The third-order valence-electron chi connectivity index (χ3n) is 0.987. The third kappa shape index (κ3) is 7.16. The molecule has 4 heteroatoms. The summed E-state index contributed by atoms with van der Waals surface area (Å²) in [6, 6.07) is 1.95. The van der Waals surface area contributed by atoms with Crippen LogP contribution >= 0.6 is 11.8 Å². The first kappa shape index (κ1) is 11.1. The average molecular weight is 184 g/mol. The topological polar surface area (TPSA) is 52.9 Å². The summed E-state index contributed by atoms with van der Waals surface area (Å²) in [6.07, 6.45) is 0. The van der Waals surface area contributed by atoms with Crippen LogP contribution < -0.4 is 5.32 Å². The minimum atomic E-state index is -0.0433. The summed E-state index contributed by atoms with van der Waals surface area (Å²) >= 11 is 1.31. The van der Waals surface area contributed by atoms with E-state index >= 15 is 0 Å². The molecule has 0 aliphatic rings. The van der Waals surface area contributed by atoms with Gasteiger partial charge in [0, 0.05) is 6.54 Å². The molecule has 66 valence electrons. The van der Waals surface area contributed by atoms with Crippen LogP contribution in [0.1, 0.15) is 6.92 Å². The predicted octanol–water partition coefficient (Wildman–Crippen LogP) is 0.935. The molecule has 0 atom stereocenters. The number of carbonyl (C=O) groups excluding carboxylic acids is 1. The van der Waals surface area contributed by atoms with Crippen molar-refractivity contribution in [3.8, 4) is 6.07 Å². The highest BCUT2D eigenvalue weighted by molar-refractivity contribution is 8.00. The van der Waals surface area contributed by atoms with Crippen molar-refractivity contribution in [2.75, 3.05) is 18.1 Å². The molecule has 12 heavy (non-hydrogen) atoms. The first-order valence-electron chi connectivity index (χ1n) is 3.52. The zero-order valence-corrected chi connectivity index (χ0v) is 7.91. The molecular formula is C8H12N2OS. The number of carbonyl (C=O) groups is 1. The van der Waals surface area contributed by atoms with Crippen molar-refractivity contribution in [1.82, 2.24) is 5.32 Å². The van der Waals surface area contributed by atoms with Crippen molar-refractivity contribution in [2.45, 2.75) is 6.92 Å². The van der Waals surface area contributed by atoms with Crippen LogP contribution in [0.25, 0.3) is 0 Å². The number of nitrogens with zero attached hydrogens (tertiary/aromatic N) is 1. The van der Waals surface area contributed by atoms with Crippen molar-refractivity contribution in [1.29, 1.82) is 5.26 Å². The second-order valence-corrected chi connectivity index (χ2v) is 3.37. The van der Waals surface area contributed by atoms with Gasteiger partial charge in [0.1, 0.15) is 0 Å². The Morgan fingerprint density at radius 3 is 2.92 bits per heavy atom. The largest absolute Gasteiger partial charge is 0.352 e. The predicted molar refractivity (Wildman–Crippen MR) is 50.8 cm³/mol.